The highest BCUT2D eigenvalue weighted by atomic mass is 15.0. The van der Waals surface area contributed by atoms with Gasteiger partial charge in [0.1, 0.15) is 0 Å². The molecular formula is C44H26N4. The minimum Gasteiger partial charge on any atom is -0.320 e. The standard InChI is InChI=1S/C44H26N4/c1-45-38-27-26-37(44(43(38)46-2)48-41-24-11-7-20-35(41)36-21-8-12-25-42(36)48)32-17-4-3-16-31(32)29-14-13-15-30(28-29)47-39-22-9-5-18-33(39)34-19-6-10-23-40(34)47/h3-28H. The van der Waals surface area contributed by atoms with Gasteiger partial charge < -0.3 is 9.13 Å². The van der Waals surface area contributed by atoms with Crippen LogP contribution >= 0.6 is 0 Å². The molecule has 0 bridgehead atoms. The van der Waals surface area contributed by atoms with Gasteiger partial charge >= 0.3 is 0 Å². The van der Waals surface area contributed by atoms with Crippen molar-refractivity contribution in [3.63, 3.8) is 0 Å². The summed E-state index contributed by atoms with van der Waals surface area (Å²) in [6, 6.07) is 54.6. The fourth-order valence-electron chi connectivity index (χ4n) is 7.36. The maximum absolute atomic E-state index is 8.33. The third-order valence-electron chi connectivity index (χ3n) is 9.38. The molecule has 9 aromatic rings. The minimum absolute atomic E-state index is 0.344. The lowest BCUT2D eigenvalue weighted by Crippen LogP contribution is -1.99. The van der Waals surface area contributed by atoms with E-state index in [9.17, 15) is 0 Å². The van der Waals surface area contributed by atoms with Crippen LogP contribution < -0.4 is 0 Å². The van der Waals surface area contributed by atoms with Gasteiger partial charge in [-0.2, -0.15) is 0 Å². The monoisotopic (exact) mass is 610 g/mol. The molecule has 0 amide bonds. The summed E-state index contributed by atoms with van der Waals surface area (Å²) in [5, 5.41) is 4.66. The molecule has 0 saturated carbocycles. The van der Waals surface area contributed by atoms with Crippen molar-refractivity contribution in [2.24, 2.45) is 0 Å². The normalized spacial score (nSPS) is 11.3. The molecule has 4 nitrogen and oxygen atoms in total. The van der Waals surface area contributed by atoms with Crippen LogP contribution in [-0.2, 0) is 0 Å². The lowest BCUT2D eigenvalue weighted by molar-refractivity contribution is 1.18. The van der Waals surface area contributed by atoms with Crippen molar-refractivity contribution in [3.05, 3.63) is 181 Å². The second-order valence-corrected chi connectivity index (χ2v) is 11.9. The van der Waals surface area contributed by atoms with Gasteiger partial charge in [-0.25, -0.2) is 4.85 Å². The van der Waals surface area contributed by atoms with Gasteiger partial charge in [0.2, 0.25) is 5.69 Å². The maximum Gasteiger partial charge on any atom is 0.218 e. The first-order valence-electron chi connectivity index (χ1n) is 15.9. The third kappa shape index (κ3) is 4.01. The molecule has 2 aromatic heterocycles. The molecule has 0 N–H and O–H groups in total. The van der Waals surface area contributed by atoms with Crippen molar-refractivity contribution in [2.75, 3.05) is 0 Å². The van der Waals surface area contributed by atoms with Crippen molar-refractivity contribution >= 4 is 55.0 Å². The summed E-state index contributed by atoms with van der Waals surface area (Å²) >= 11 is 0. The van der Waals surface area contributed by atoms with Crippen molar-refractivity contribution < 1.29 is 0 Å². The lowest BCUT2D eigenvalue weighted by atomic mass is 9.92. The fourth-order valence-corrected chi connectivity index (χ4v) is 7.36. The van der Waals surface area contributed by atoms with E-state index in [-0.39, 0.29) is 0 Å². The first-order valence-corrected chi connectivity index (χ1v) is 15.9. The molecule has 9 rings (SSSR count). The highest BCUT2D eigenvalue weighted by molar-refractivity contribution is 6.12. The van der Waals surface area contributed by atoms with Crippen LogP contribution in [0, 0.1) is 13.1 Å². The van der Waals surface area contributed by atoms with Crippen LogP contribution in [0.25, 0.3) is 86.9 Å². The molecule has 0 atom stereocenters. The molecule has 0 aliphatic rings. The van der Waals surface area contributed by atoms with Crippen LogP contribution in [0.1, 0.15) is 0 Å². The fraction of sp³-hybridized carbons (Fsp3) is 0. The molecule has 48 heavy (non-hydrogen) atoms. The summed E-state index contributed by atoms with van der Waals surface area (Å²) in [5.41, 5.74) is 10.8. The molecule has 4 heteroatoms. The predicted octanol–water partition coefficient (Wildman–Crippen LogP) is 12.3. The zero-order valence-electron chi connectivity index (χ0n) is 25.8. The SMILES string of the molecule is [C-]#[N+]c1ccc(-c2ccccc2-c2cccc(-n3c4ccccc4c4ccccc43)c2)c(-n2c3ccccc3c3ccccc32)c1[N+]#[C-]. The second-order valence-electron chi connectivity index (χ2n) is 11.9. The zero-order valence-corrected chi connectivity index (χ0v) is 25.8. The average molecular weight is 611 g/mol. The van der Waals surface area contributed by atoms with Crippen LogP contribution in [0.2, 0.25) is 0 Å². The van der Waals surface area contributed by atoms with Crippen LogP contribution in [0.15, 0.2) is 158 Å². The van der Waals surface area contributed by atoms with Gasteiger partial charge in [0, 0.05) is 32.9 Å². The Hall–Kier alpha value is -6.88. The summed E-state index contributed by atoms with van der Waals surface area (Å²) < 4.78 is 4.51. The topological polar surface area (TPSA) is 18.6 Å². The number of fused-ring (bicyclic) bond motifs is 6. The number of aromatic nitrogens is 2. The van der Waals surface area contributed by atoms with E-state index in [1.807, 2.05) is 36.4 Å². The van der Waals surface area contributed by atoms with Gasteiger partial charge in [0.05, 0.1) is 35.2 Å². The van der Waals surface area contributed by atoms with Crippen molar-refractivity contribution in [1.82, 2.24) is 9.13 Å². The van der Waals surface area contributed by atoms with Gasteiger partial charge in [-0.1, -0.05) is 121 Å². The zero-order chi connectivity index (χ0) is 32.2. The van der Waals surface area contributed by atoms with Crippen LogP contribution in [0.4, 0.5) is 11.4 Å². The highest BCUT2D eigenvalue weighted by Crippen LogP contribution is 2.47. The second kappa shape index (κ2) is 10.9. The van der Waals surface area contributed by atoms with Gasteiger partial charge in [-0.3, -0.25) is 4.85 Å². The molecule has 0 unspecified atom stereocenters. The first-order chi connectivity index (χ1) is 23.8. The van der Waals surface area contributed by atoms with Crippen molar-refractivity contribution in [3.8, 4) is 33.6 Å². The minimum atomic E-state index is 0.344. The molecule has 0 spiro atoms. The van der Waals surface area contributed by atoms with E-state index in [0.717, 1.165) is 66.5 Å². The molecule has 7 aromatic carbocycles. The first kappa shape index (κ1) is 27.4. The number of para-hydroxylation sites is 4. The molecular weight excluding hydrogens is 585 g/mol. The molecule has 2 heterocycles. The Morgan fingerprint density at radius 1 is 0.396 bits per heavy atom. The molecule has 0 radical (unpaired) electrons. The number of rotatable bonds is 4. The van der Waals surface area contributed by atoms with E-state index in [1.165, 1.54) is 10.8 Å². The summed E-state index contributed by atoms with van der Waals surface area (Å²) in [6.45, 7) is 16.3. The Labute approximate surface area is 277 Å². The Balaban J connectivity index is 1.32. The van der Waals surface area contributed by atoms with Crippen LogP contribution in [-0.4, -0.2) is 9.13 Å². The van der Waals surface area contributed by atoms with E-state index < -0.39 is 0 Å². The Kier molecular flexibility index (Phi) is 6.22. The Morgan fingerprint density at radius 2 is 0.896 bits per heavy atom. The number of nitrogens with zero attached hydrogens (tertiary/aromatic N) is 4. The molecule has 0 saturated heterocycles. The Morgan fingerprint density at radius 3 is 1.44 bits per heavy atom. The predicted molar refractivity (Wildman–Crippen MR) is 199 cm³/mol. The molecule has 0 aliphatic carbocycles. The van der Waals surface area contributed by atoms with Gasteiger partial charge in [0.25, 0.3) is 0 Å². The van der Waals surface area contributed by atoms with Gasteiger partial charge in [-0.15, -0.1) is 0 Å². The summed E-state index contributed by atoms with van der Waals surface area (Å²) in [7, 11) is 0. The van der Waals surface area contributed by atoms with Gasteiger partial charge in [-0.05, 0) is 58.7 Å². The van der Waals surface area contributed by atoms with Gasteiger partial charge in [0.15, 0.2) is 5.69 Å². The number of hydrogen-bond acceptors (Lipinski definition) is 0. The van der Waals surface area contributed by atoms with Crippen LogP contribution in [0.5, 0.6) is 0 Å². The van der Waals surface area contributed by atoms with E-state index in [0.29, 0.717) is 11.4 Å². The summed E-state index contributed by atoms with van der Waals surface area (Å²) in [4.78, 5) is 7.81. The van der Waals surface area contributed by atoms with E-state index >= 15 is 0 Å². The van der Waals surface area contributed by atoms with E-state index in [2.05, 4.69) is 134 Å². The van der Waals surface area contributed by atoms with Crippen molar-refractivity contribution in [2.45, 2.75) is 0 Å². The van der Waals surface area contributed by atoms with Crippen LogP contribution in [0.3, 0.4) is 0 Å². The summed E-state index contributed by atoms with van der Waals surface area (Å²) in [5.74, 6) is 0. The number of hydrogen-bond donors (Lipinski definition) is 0. The quantitative estimate of drug-likeness (QED) is 0.177. The smallest absolute Gasteiger partial charge is 0.218 e. The molecule has 222 valence electrons. The number of benzene rings is 7. The third-order valence-corrected chi connectivity index (χ3v) is 9.38. The van der Waals surface area contributed by atoms with E-state index in [4.69, 9.17) is 13.1 Å². The highest BCUT2D eigenvalue weighted by Gasteiger charge is 2.23. The van der Waals surface area contributed by atoms with E-state index in [1.54, 1.807) is 6.07 Å². The molecule has 0 aliphatic heterocycles. The largest absolute Gasteiger partial charge is 0.320 e. The maximum atomic E-state index is 8.33. The lowest BCUT2D eigenvalue weighted by Gasteiger charge is -2.20. The molecule has 0 fully saturated rings. The van der Waals surface area contributed by atoms with Crippen molar-refractivity contribution in [1.29, 1.82) is 0 Å². The Bertz CT molecular complexity index is 2710. The summed E-state index contributed by atoms with van der Waals surface area (Å²) in [6.07, 6.45) is 0. The average Bonchev–Trinajstić information content (AvgIpc) is 3.67.